The highest BCUT2D eigenvalue weighted by Gasteiger charge is 2.15. The largest absolute Gasteiger partial charge is 0.398 e. The summed E-state index contributed by atoms with van der Waals surface area (Å²) in [5.74, 6) is 0. The van der Waals surface area contributed by atoms with Gasteiger partial charge in [0.2, 0.25) is 10.0 Å². The lowest BCUT2D eigenvalue weighted by Crippen LogP contribution is -2.19. The summed E-state index contributed by atoms with van der Waals surface area (Å²) < 4.78 is 25.8. The van der Waals surface area contributed by atoms with Gasteiger partial charge in [-0.15, -0.1) is 0 Å². The highest BCUT2D eigenvalue weighted by molar-refractivity contribution is 7.99. The average Bonchev–Trinajstić information content (AvgIpc) is 2.37. The molecule has 0 saturated heterocycles. The van der Waals surface area contributed by atoms with E-state index < -0.39 is 10.0 Å². The molecule has 1 heterocycles. The standard InChI is InChI=1S/C14H17N3O2S2/c1-9-6-10(2)17-14(7-9)20-11-4-5-13(12(15)8-11)21(18,19)16-3/h4-8,16H,15H2,1-3H3. The maximum atomic E-state index is 11.8. The number of rotatable bonds is 4. The minimum Gasteiger partial charge on any atom is -0.398 e. The second-order valence-corrected chi connectivity index (χ2v) is 7.58. The highest BCUT2D eigenvalue weighted by Crippen LogP contribution is 2.30. The first-order valence-corrected chi connectivity index (χ1v) is 8.58. The fraction of sp³-hybridized carbons (Fsp3) is 0.214. The zero-order valence-electron chi connectivity index (χ0n) is 12.0. The van der Waals surface area contributed by atoms with E-state index in [0.717, 1.165) is 21.2 Å². The van der Waals surface area contributed by atoms with E-state index in [1.165, 1.54) is 24.9 Å². The Kier molecular flexibility index (Phi) is 4.55. The fourth-order valence-corrected chi connectivity index (χ4v) is 3.76. The fourth-order valence-electron chi connectivity index (χ4n) is 1.92. The van der Waals surface area contributed by atoms with Crippen LogP contribution in [0.5, 0.6) is 0 Å². The number of aromatic nitrogens is 1. The first kappa shape index (κ1) is 15.8. The predicted octanol–water partition coefficient (Wildman–Crippen LogP) is 2.34. The van der Waals surface area contributed by atoms with Crippen molar-refractivity contribution in [3.05, 3.63) is 41.6 Å². The van der Waals surface area contributed by atoms with Crippen LogP contribution in [0.4, 0.5) is 5.69 Å². The molecule has 0 bridgehead atoms. The van der Waals surface area contributed by atoms with Crippen molar-refractivity contribution in [1.82, 2.24) is 9.71 Å². The number of hydrogen-bond donors (Lipinski definition) is 2. The van der Waals surface area contributed by atoms with E-state index in [2.05, 4.69) is 9.71 Å². The van der Waals surface area contributed by atoms with Crippen LogP contribution in [-0.4, -0.2) is 20.4 Å². The van der Waals surface area contributed by atoms with E-state index in [4.69, 9.17) is 5.73 Å². The Morgan fingerprint density at radius 1 is 1.19 bits per heavy atom. The van der Waals surface area contributed by atoms with Gasteiger partial charge in [0.1, 0.15) is 9.92 Å². The zero-order chi connectivity index (χ0) is 15.6. The molecule has 21 heavy (non-hydrogen) atoms. The first-order chi connectivity index (χ1) is 9.81. The molecule has 2 aromatic rings. The number of anilines is 1. The van der Waals surface area contributed by atoms with Gasteiger partial charge >= 0.3 is 0 Å². The highest BCUT2D eigenvalue weighted by atomic mass is 32.2. The summed E-state index contributed by atoms with van der Waals surface area (Å²) in [7, 11) is -2.17. The summed E-state index contributed by atoms with van der Waals surface area (Å²) >= 11 is 1.45. The molecular weight excluding hydrogens is 306 g/mol. The molecule has 0 unspecified atom stereocenters. The van der Waals surface area contributed by atoms with Crippen molar-refractivity contribution >= 4 is 27.5 Å². The number of hydrogen-bond acceptors (Lipinski definition) is 5. The van der Waals surface area contributed by atoms with Crippen molar-refractivity contribution in [2.24, 2.45) is 0 Å². The topological polar surface area (TPSA) is 85.1 Å². The predicted molar refractivity (Wildman–Crippen MR) is 84.9 cm³/mol. The van der Waals surface area contributed by atoms with E-state index >= 15 is 0 Å². The lowest BCUT2D eigenvalue weighted by Gasteiger charge is -2.09. The second-order valence-electron chi connectivity index (χ2n) is 4.63. The molecule has 7 heteroatoms. The van der Waals surface area contributed by atoms with Crippen LogP contribution < -0.4 is 10.5 Å². The van der Waals surface area contributed by atoms with Gasteiger partial charge in [-0.05, 0) is 56.8 Å². The molecule has 5 nitrogen and oxygen atoms in total. The van der Waals surface area contributed by atoms with Gasteiger partial charge in [-0.25, -0.2) is 18.1 Å². The van der Waals surface area contributed by atoms with E-state index in [1.807, 2.05) is 26.0 Å². The Morgan fingerprint density at radius 3 is 2.48 bits per heavy atom. The van der Waals surface area contributed by atoms with Gasteiger partial charge in [0, 0.05) is 10.6 Å². The van der Waals surface area contributed by atoms with Crippen LogP contribution in [0.25, 0.3) is 0 Å². The summed E-state index contributed by atoms with van der Waals surface area (Å²) in [4.78, 5) is 5.37. The van der Waals surface area contributed by atoms with Gasteiger partial charge in [0.05, 0.1) is 5.69 Å². The Hall–Kier alpha value is -1.57. The number of benzene rings is 1. The molecule has 0 spiro atoms. The van der Waals surface area contributed by atoms with Gasteiger partial charge in [-0.1, -0.05) is 11.8 Å². The van der Waals surface area contributed by atoms with Crippen molar-refractivity contribution in [3.63, 3.8) is 0 Å². The number of aryl methyl sites for hydroxylation is 2. The third-order valence-electron chi connectivity index (χ3n) is 2.84. The summed E-state index contributed by atoms with van der Waals surface area (Å²) in [6, 6.07) is 8.86. The zero-order valence-corrected chi connectivity index (χ0v) is 13.7. The monoisotopic (exact) mass is 323 g/mol. The van der Waals surface area contributed by atoms with Crippen molar-refractivity contribution in [3.8, 4) is 0 Å². The lowest BCUT2D eigenvalue weighted by atomic mass is 10.3. The normalized spacial score (nSPS) is 11.6. The molecular formula is C14H17N3O2S2. The minimum atomic E-state index is -3.53. The van der Waals surface area contributed by atoms with Gasteiger partial charge in [0.25, 0.3) is 0 Å². The number of nitrogen functional groups attached to an aromatic ring is 1. The Morgan fingerprint density at radius 2 is 1.90 bits per heavy atom. The average molecular weight is 323 g/mol. The molecule has 0 aliphatic rings. The second kappa shape index (κ2) is 6.05. The third kappa shape index (κ3) is 3.75. The number of nitrogens with two attached hydrogens (primary N) is 1. The number of sulfonamides is 1. The Balaban J connectivity index is 2.33. The van der Waals surface area contributed by atoms with Crippen LogP contribution in [0.2, 0.25) is 0 Å². The minimum absolute atomic E-state index is 0.0859. The molecule has 3 N–H and O–H groups in total. The van der Waals surface area contributed by atoms with Crippen LogP contribution in [0.1, 0.15) is 11.3 Å². The first-order valence-electron chi connectivity index (χ1n) is 6.28. The summed E-state index contributed by atoms with van der Waals surface area (Å²) in [5.41, 5.74) is 8.14. The van der Waals surface area contributed by atoms with Crippen molar-refractivity contribution in [1.29, 1.82) is 0 Å². The summed E-state index contributed by atoms with van der Waals surface area (Å²) in [6.45, 7) is 3.95. The number of pyridine rings is 1. The van der Waals surface area contributed by atoms with E-state index in [1.54, 1.807) is 12.1 Å². The molecule has 0 radical (unpaired) electrons. The molecule has 0 saturated carbocycles. The number of nitrogens with one attached hydrogen (secondary N) is 1. The maximum Gasteiger partial charge on any atom is 0.242 e. The molecule has 0 atom stereocenters. The maximum absolute atomic E-state index is 11.8. The molecule has 1 aromatic carbocycles. The van der Waals surface area contributed by atoms with Crippen LogP contribution in [0.3, 0.4) is 0 Å². The van der Waals surface area contributed by atoms with Crippen LogP contribution in [0, 0.1) is 13.8 Å². The molecule has 0 amide bonds. The molecule has 2 rings (SSSR count). The van der Waals surface area contributed by atoms with E-state index in [0.29, 0.717) is 0 Å². The van der Waals surface area contributed by atoms with Crippen LogP contribution in [-0.2, 0) is 10.0 Å². The van der Waals surface area contributed by atoms with Gasteiger partial charge in [0.15, 0.2) is 0 Å². The summed E-state index contributed by atoms with van der Waals surface area (Å²) in [5, 5.41) is 0.858. The molecule has 0 aliphatic heterocycles. The van der Waals surface area contributed by atoms with Crippen LogP contribution in [0.15, 0.2) is 45.1 Å². The van der Waals surface area contributed by atoms with Gasteiger partial charge < -0.3 is 5.73 Å². The quantitative estimate of drug-likeness (QED) is 0.844. The molecule has 1 aromatic heterocycles. The Labute approximate surface area is 129 Å². The van der Waals surface area contributed by atoms with Crippen molar-refractivity contribution < 1.29 is 8.42 Å². The molecule has 0 aliphatic carbocycles. The molecule has 112 valence electrons. The van der Waals surface area contributed by atoms with Crippen molar-refractivity contribution in [2.45, 2.75) is 28.7 Å². The van der Waals surface area contributed by atoms with Gasteiger partial charge in [-0.2, -0.15) is 0 Å². The smallest absolute Gasteiger partial charge is 0.242 e. The van der Waals surface area contributed by atoms with Crippen molar-refractivity contribution in [2.75, 3.05) is 12.8 Å². The van der Waals surface area contributed by atoms with Gasteiger partial charge in [-0.3, -0.25) is 0 Å². The third-order valence-corrected chi connectivity index (χ3v) is 5.23. The SMILES string of the molecule is CNS(=O)(=O)c1ccc(Sc2cc(C)cc(C)n2)cc1N. The Bertz CT molecular complexity index is 754. The number of nitrogens with zero attached hydrogens (tertiary/aromatic N) is 1. The van der Waals surface area contributed by atoms with Crippen LogP contribution >= 0.6 is 11.8 Å². The van der Waals surface area contributed by atoms with E-state index in [9.17, 15) is 8.42 Å². The lowest BCUT2D eigenvalue weighted by molar-refractivity contribution is 0.588. The van der Waals surface area contributed by atoms with E-state index in [-0.39, 0.29) is 10.6 Å². The molecule has 0 fully saturated rings. The summed E-state index contributed by atoms with van der Waals surface area (Å²) in [6.07, 6.45) is 0.